The molecule has 0 bridgehead atoms. The summed E-state index contributed by atoms with van der Waals surface area (Å²) in [6, 6.07) is 4.23. The molecular formula is C16H23N3O4. The second kappa shape index (κ2) is 8.26. The number of hydrogen-bond acceptors (Lipinski definition) is 4. The molecule has 0 spiro atoms. The van der Waals surface area contributed by atoms with Gasteiger partial charge in [0.05, 0.1) is 4.92 Å². The first-order chi connectivity index (χ1) is 10.8. The molecule has 0 unspecified atom stereocenters. The number of rotatable bonds is 7. The second-order valence-electron chi connectivity index (χ2n) is 5.59. The largest absolute Gasteiger partial charge is 0.326 e. The third-order valence-electron chi connectivity index (χ3n) is 3.84. The summed E-state index contributed by atoms with van der Waals surface area (Å²) in [6.07, 6.45) is 1.32. The fourth-order valence-electron chi connectivity index (χ4n) is 1.76. The lowest BCUT2D eigenvalue weighted by atomic mass is 10.1. The van der Waals surface area contributed by atoms with Crippen LogP contribution in [0.5, 0.6) is 0 Å². The third kappa shape index (κ3) is 5.05. The van der Waals surface area contributed by atoms with Crippen molar-refractivity contribution in [1.82, 2.24) is 0 Å². The highest BCUT2D eigenvalue weighted by atomic mass is 16.6. The van der Waals surface area contributed by atoms with Crippen LogP contribution in [0.2, 0.25) is 0 Å². The zero-order valence-corrected chi connectivity index (χ0v) is 13.9. The molecule has 0 saturated heterocycles. The molecule has 7 heteroatoms. The molecule has 1 aromatic carbocycles. The first kappa shape index (κ1) is 18.6. The van der Waals surface area contributed by atoms with Crippen LogP contribution >= 0.6 is 0 Å². The van der Waals surface area contributed by atoms with Gasteiger partial charge in [0.2, 0.25) is 11.8 Å². The van der Waals surface area contributed by atoms with Gasteiger partial charge >= 0.3 is 0 Å². The van der Waals surface area contributed by atoms with Gasteiger partial charge in [-0.3, -0.25) is 19.7 Å². The van der Waals surface area contributed by atoms with Crippen molar-refractivity contribution in [3.8, 4) is 0 Å². The van der Waals surface area contributed by atoms with Crippen molar-refractivity contribution in [2.45, 2.75) is 40.5 Å². The Labute approximate surface area is 135 Å². The first-order valence-electron chi connectivity index (χ1n) is 7.70. The first-order valence-corrected chi connectivity index (χ1v) is 7.70. The molecule has 23 heavy (non-hydrogen) atoms. The molecule has 2 N–H and O–H groups in total. The summed E-state index contributed by atoms with van der Waals surface area (Å²) >= 11 is 0. The summed E-state index contributed by atoms with van der Waals surface area (Å²) < 4.78 is 0. The van der Waals surface area contributed by atoms with Gasteiger partial charge in [-0.1, -0.05) is 27.7 Å². The second-order valence-corrected chi connectivity index (χ2v) is 5.59. The topological polar surface area (TPSA) is 101 Å². The zero-order chi connectivity index (χ0) is 17.6. The van der Waals surface area contributed by atoms with E-state index < -0.39 is 4.92 Å². The van der Waals surface area contributed by atoms with E-state index in [1.807, 2.05) is 13.8 Å². The van der Waals surface area contributed by atoms with Crippen molar-refractivity contribution in [1.29, 1.82) is 0 Å². The summed E-state index contributed by atoms with van der Waals surface area (Å²) in [7, 11) is 0. The molecule has 2 atom stereocenters. The van der Waals surface area contributed by atoms with E-state index in [-0.39, 0.29) is 35.0 Å². The fraction of sp³-hybridized carbons (Fsp3) is 0.500. The highest BCUT2D eigenvalue weighted by molar-refractivity contribution is 5.96. The normalized spacial score (nSPS) is 13.0. The zero-order valence-electron chi connectivity index (χ0n) is 13.9. The Morgan fingerprint density at radius 3 is 2.09 bits per heavy atom. The summed E-state index contributed by atoms with van der Waals surface area (Å²) in [5.41, 5.74) is 0.217. The van der Waals surface area contributed by atoms with Gasteiger partial charge in [-0.05, 0) is 25.0 Å². The molecular weight excluding hydrogens is 298 g/mol. The number of hydrogen-bond donors (Lipinski definition) is 2. The Morgan fingerprint density at radius 1 is 1.09 bits per heavy atom. The molecule has 7 nitrogen and oxygen atoms in total. The van der Waals surface area contributed by atoms with Crippen molar-refractivity contribution >= 4 is 28.9 Å². The molecule has 0 aliphatic rings. The molecule has 0 aliphatic heterocycles. The van der Waals surface area contributed by atoms with Crippen molar-refractivity contribution < 1.29 is 14.5 Å². The summed E-state index contributed by atoms with van der Waals surface area (Å²) in [6.45, 7) is 7.29. The van der Waals surface area contributed by atoms with Crippen LogP contribution in [-0.2, 0) is 9.59 Å². The van der Waals surface area contributed by atoms with Crippen molar-refractivity contribution in [2.24, 2.45) is 11.8 Å². The highest BCUT2D eigenvalue weighted by Crippen LogP contribution is 2.28. The lowest BCUT2D eigenvalue weighted by Crippen LogP contribution is -2.21. The van der Waals surface area contributed by atoms with E-state index in [0.29, 0.717) is 18.5 Å². The monoisotopic (exact) mass is 321 g/mol. The van der Waals surface area contributed by atoms with Gasteiger partial charge in [0.1, 0.15) is 5.69 Å². The summed E-state index contributed by atoms with van der Waals surface area (Å²) in [5.74, 6) is -0.886. The van der Waals surface area contributed by atoms with E-state index in [2.05, 4.69) is 10.6 Å². The predicted octanol–water partition coefficient (Wildman–Crippen LogP) is 3.56. The van der Waals surface area contributed by atoms with Crippen LogP contribution in [-0.4, -0.2) is 16.7 Å². The highest BCUT2D eigenvalue weighted by Gasteiger charge is 2.20. The molecule has 2 amide bonds. The van der Waals surface area contributed by atoms with Crippen LogP contribution in [0.3, 0.4) is 0 Å². The van der Waals surface area contributed by atoms with Crippen LogP contribution in [0.25, 0.3) is 0 Å². The van der Waals surface area contributed by atoms with Crippen molar-refractivity contribution in [3.05, 3.63) is 28.3 Å². The number of nitrogens with one attached hydrogen (secondary N) is 2. The average molecular weight is 321 g/mol. The molecule has 126 valence electrons. The van der Waals surface area contributed by atoms with E-state index in [1.54, 1.807) is 19.9 Å². The lowest BCUT2D eigenvalue weighted by molar-refractivity contribution is -0.383. The summed E-state index contributed by atoms with van der Waals surface area (Å²) in [4.78, 5) is 34.4. The fourth-order valence-corrected chi connectivity index (χ4v) is 1.76. The molecule has 1 aromatic rings. The van der Waals surface area contributed by atoms with E-state index in [9.17, 15) is 19.7 Å². The van der Waals surface area contributed by atoms with Gasteiger partial charge in [0.15, 0.2) is 0 Å². The lowest BCUT2D eigenvalue weighted by Gasteiger charge is -2.13. The Bertz CT molecular complexity index is 601. The summed E-state index contributed by atoms with van der Waals surface area (Å²) in [5, 5.41) is 16.4. The van der Waals surface area contributed by atoms with Gasteiger partial charge in [-0.25, -0.2) is 0 Å². The quantitative estimate of drug-likeness (QED) is 0.592. The smallest absolute Gasteiger partial charge is 0.294 e. The SMILES string of the molecule is CC[C@@H](C)C(=O)Nc1ccc(NC(=O)[C@H](C)CC)c([N+](=O)[O-])c1. The van der Waals surface area contributed by atoms with E-state index in [4.69, 9.17) is 0 Å². The van der Waals surface area contributed by atoms with Crippen LogP contribution in [0.1, 0.15) is 40.5 Å². The Kier molecular flexibility index (Phi) is 6.68. The maximum absolute atomic E-state index is 11.9. The Hall–Kier alpha value is -2.44. The standard InChI is InChI=1S/C16H23N3O4/c1-5-10(3)15(20)17-12-7-8-13(14(9-12)19(22)23)18-16(21)11(4)6-2/h7-11H,5-6H2,1-4H3,(H,17,20)(H,18,21)/t10-,11-/m1/s1. The maximum Gasteiger partial charge on any atom is 0.294 e. The van der Waals surface area contributed by atoms with Gasteiger partial charge in [0.25, 0.3) is 5.69 Å². The minimum absolute atomic E-state index is 0.127. The Balaban J connectivity index is 3.01. The maximum atomic E-state index is 11.9. The number of benzene rings is 1. The minimum atomic E-state index is -0.578. The molecule has 1 rings (SSSR count). The van der Waals surface area contributed by atoms with Crippen molar-refractivity contribution in [2.75, 3.05) is 10.6 Å². The van der Waals surface area contributed by atoms with Crippen LogP contribution in [0.4, 0.5) is 17.1 Å². The van der Waals surface area contributed by atoms with Crippen molar-refractivity contribution in [3.63, 3.8) is 0 Å². The minimum Gasteiger partial charge on any atom is -0.326 e. The predicted molar refractivity (Wildman–Crippen MR) is 89.3 cm³/mol. The molecule has 0 radical (unpaired) electrons. The number of nitro groups is 1. The molecule has 0 aliphatic carbocycles. The average Bonchev–Trinajstić information content (AvgIpc) is 2.54. The number of nitro benzene ring substituents is 1. The van der Waals surface area contributed by atoms with Gasteiger partial charge in [-0.2, -0.15) is 0 Å². The van der Waals surface area contributed by atoms with E-state index in [1.165, 1.54) is 12.1 Å². The Morgan fingerprint density at radius 2 is 1.61 bits per heavy atom. The molecule has 0 aromatic heterocycles. The number of carbonyl (C=O) groups is 2. The van der Waals surface area contributed by atoms with Crippen LogP contribution < -0.4 is 10.6 Å². The number of amides is 2. The molecule has 0 heterocycles. The van der Waals surface area contributed by atoms with Gasteiger partial charge in [-0.15, -0.1) is 0 Å². The van der Waals surface area contributed by atoms with Crippen LogP contribution in [0, 0.1) is 22.0 Å². The third-order valence-corrected chi connectivity index (χ3v) is 3.84. The molecule has 0 fully saturated rings. The van der Waals surface area contributed by atoms with Gasteiger partial charge in [0, 0.05) is 23.6 Å². The number of anilines is 2. The van der Waals surface area contributed by atoms with Gasteiger partial charge < -0.3 is 10.6 Å². The van der Waals surface area contributed by atoms with E-state index >= 15 is 0 Å². The number of nitrogens with zero attached hydrogens (tertiary/aromatic N) is 1. The molecule has 0 saturated carbocycles. The van der Waals surface area contributed by atoms with Crippen LogP contribution in [0.15, 0.2) is 18.2 Å². The van der Waals surface area contributed by atoms with E-state index in [0.717, 1.165) is 0 Å². The number of carbonyl (C=O) groups excluding carboxylic acids is 2.